The molecule has 0 spiro atoms. The first-order chi connectivity index (χ1) is 10.5. The Balaban J connectivity index is 1.77. The maximum absolute atomic E-state index is 12.5. The summed E-state index contributed by atoms with van der Waals surface area (Å²) in [6.07, 6.45) is 2.92. The molecule has 1 fully saturated rings. The normalized spacial score (nSPS) is 23.0. The van der Waals surface area contributed by atoms with Crippen LogP contribution in [0.15, 0.2) is 29.3 Å². The van der Waals surface area contributed by atoms with Gasteiger partial charge < -0.3 is 4.90 Å². The van der Waals surface area contributed by atoms with Crippen molar-refractivity contribution in [3.05, 3.63) is 39.9 Å². The summed E-state index contributed by atoms with van der Waals surface area (Å²) in [7, 11) is 0. The first-order valence-corrected chi connectivity index (χ1v) is 8.28. The van der Waals surface area contributed by atoms with Crippen LogP contribution in [-0.2, 0) is 6.54 Å². The van der Waals surface area contributed by atoms with Crippen molar-refractivity contribution in [2.24, 2.45) is 11.8 Å². The van der Waals surface area contributed by atoms with Gasteiger partial charge in [0.05, 0.1) is 22.3 Å². The second-order valence-electron chi connectivity index (χ2n) is 6.58. The lowest BCUT2D eigenvalue weighted by Crippen LogP contribution is -2.41. The van der Waals surface area contributed by atoms with Gasteiger partial charge in [0.1, 0.15) is 0 Å². The number of hydrogen-bond acceptors (Lipinski definition) is 3. The molecule has 0 radical (unpaired) electrons. The second kappa shape index (κ2) is 6.39. The number of piperidine rings is 1. The molecule has 118 valence electrons. The van der Waals surface area contributed by atoms with Crippen LogP contribution in [0.3, 0.4) is 0 Å². The highest BCUT2D eigenvalue weighted by atomic mass is 35.5. The van der Waals surface area contributed by atoms with Crippen LogP contribution >= 0.6 is 11.6 Å². The van der Waals surface area contributed by atoms with E-state index in [1.165, 1.54) is 6.42 Å². The predicted molar refractivity (Wildman–Crippen MR) is 90.4 cm³/mol. The first-order valence-electron chi connectivity index (χ1n) is 7.90. The Morgan fingerprint density at radius 2 is 1.95 bits per heavy atom. The monoisotopic (exact) mass is 319 g/mol. The molecule has 0 bridgehead atoms. The van der Waals surface area contributed by atoms with E-state index in [9.17, 15) is 4.79 Å². The third-order valence-electron chi connectivity index (χ3n) is 4.41. The van der Waals surface area contributed by atoms with E-state index in [4.69, 9.17) is 11.6 Å². The maximum atomic E-state index is 12.5. The zero-order valence-corrected chi connectivity index (χ0v) is 13.9. The number of para-hydroxylation sites is 1. The summed E-state index contributed by atoms with van der Waals surface area (Å²) in [5, 5.41) is 1.12. The number of benzene rings is 1. The van der Waals surface area contributed by atoms with Crippen molar-refractivity contribution >= 4 is 22.5 Å². The summed E-state index contributed by atoms with van der Waals surface area (Å²) in [6, 6.07) is 5.35. The van der Waals surface area contributed by atoms with Crippen LogP contribution in [-0.4, -0.2) is 34.1 Å². The molecule has 2 heterocycles. The Morgan fingerprint density at radius 1 is 1.23 bits per heavy atom. The third-order valence-corrected chi connectivity index (χ3v) is 4.71. The van der Waals surface area contributed by atoms with Crippen molar-refractivity contribution in [1.82, 2.24) is 14.5 Å². The largest absolute Gasteiger partial charge is 0.301 e. The van der Waals surface area contributed by atoms with Gasteiger partial charge in [-0.1, -0.05) is 31.5 Å². The van der Waals surface area contributed by atoms with E-state index < -0.39 is 0 Å². The number of halogens is 1. The Morgan fingerprint density at radius 3 is 2.68 bits per heavy atom. The van der Waals surface area contributed by atoms with Crippen LogP contribution in [0.1, 0.15) is 20.3 Å². The molecule has 1 aromatic heterocycles. The van der Waals surface area contributed by atoms with Crippen molar-refractivity contribution in [2.45, 2.75) is 26.8 Å². The van der Waals surface area contributed by atoms with Crippen LogP contribution in [0.25, 0.3) is 10.9 Å². The molecule has 1 aliphatic rings. The highest BCUT2D eigenvalue weighted by Crippen LogP contribution is 2.21. The van der Waals surface area contributed by atoms with Crippen molar-refractivity contribution in [2.75, 3.05) is 19.6 Å². The summed E-state index contributed by atoms with van der Waals surface area (Å²) in [6.45, 7) is 8.40. The number of likely N-dealkylation sites (tertiary alicyclic amines) is 1. The SMILES string of the molecule is C[C@H]1C[C@H](C)CN(CCn2cnc3c(Cl)cccc3c2=O)C1. The zero-order chi connectivity index (χ0) is 15.7. The number of hydrogen-bond donors (Lipinski definition) is 0. The van der Waals surface area contributed by atoms with Crippen molar-refractivity contribution < 1.29 is 0 Å². The Hall–Kier alpha value is -1.39. The fourth-order valence-corrected chi connectivity index (χ4v) is 3.76. The van der Waals surface area contributed by atoms with Gasteiger partial charge in [0.2, 0.25) is 0 Å². The van der Waals surface area contributed by atoms with Gasteiger partial charge in [-0.25, -0.2) is 4.98 Å². The summed E-state index contributed by atoms with van der Waals surface area (Å²) in [5.41, 5.74) is 0.580. The standard InChI is InChI=1S/C17H22ClN3O/c1-12-8-13(2)10-20(9-12)6-7-21-11-19-16-14(17(21)22)4-3-5-15(16)18/h3-5,11-13H,6-10H2,1-2H3/t12-,13-/m0/s1. The molecule has 0 aliphatic carbocycles. The lowest BCUT2D eigenvalue weighted by atomic mass is 9.92. The topological polar surface area (TPSA) is 38.1 Å². The van der Waals surface area contributed by atoms with Crippen molar-refractivity contribution in [1.29, 1.82) is 0 Å². The summed E-state index contributed by atoms with van der Waals surface area (Å²) < 4.78 is 1.70. The highest BCUT2D eigenvalue weighted by Gasteiger charge is 2.21. The molecule has 0 saturated carbocycles. The smallest absolute Gasteiger partial charge is 0.261 e. The lowest BCUT2D eigenvalue weighted by Gasteiger charge is -2.34. The minimum absolute atomic E-state index is 0.00870. The molecule has 0 unspecified atom stereocenters. The van der Waals surface area contributed by atoms with Gasteiger partial charge in [-0.2, -0.15) is 0 Å². The highest BCUT2D eigenvalue weighted by molar-refractivity contribution is 6.34. The molecule has 5 heteroatoms. The Labute approximate surface area is 135 Å². The van der Waals surface area contributed by atoms with E-state index in [2.05, 4.69) is 23.7 Å². The summed E-state index contributed by atoms with van der Waals surface area (Å²) in [5.74, 6) is 1.46. The Bertz CT molecular complexity index is 717. The number of aromatic nitrogens is 2. The van der Waals surface area contributed by atoms with Gasteiger partial charge in [-0.15, -0.1) is 0 Å². The minimum Gasteiger partial charge on any atom is -0.301 e. The molecule has 1 saturated heterocycles. The zero-order valence-electron chi connectivity index (χ0n) is 13.1. The number of fused-ring (bicyclic) bond motifs is 1. The second-order valence-corrected chi connectivity index (χ2v) is 6.99. The Kier molecular flexibility index (Phi) is 4.50. The maximum Gasteiger partial charge on any atom is 0.261 e. The van der Waals surface area contributed by atoms with Gasteiger partial charge >= 0.3 is 0 Å². The molecule has 1 aliphatic heterocycles. The molecule has 22 heavy (non-hydrogen) atoms. The van der Waals surface area contributed by atoms with Gasteiger partial charge in [-0.3, -0.25) is 9.36 Å². The van der Waals surface area contributed by atoms with Crippen LogP contribution in [0.4, 0.5) is 0 Å². The first kappa shape index (κ1) is 15.5. The van der Waals surface area contributed by atoms with Crippen LogP contribution in [0.5, 0.6) is 0 Å². The summed E-state index contributed by atoms with van der Waals surface area (Å²) in [4.78, 5) is 19.3. The van der Waals surface area contributed by atoms with E-state index in [0.29, 0.717) is 22.5 Å². The van der Waals surface area contributed by atoms with Crippen LogP contribution < -0.4 is 5.56 Å². The van der Waals surface area contributed by atoms with Crippen molar-refractivity contribution in [3.8, 4) is 0 Å². The van der Waals surface area contributed by atoms with E-state index in [1.807, 2.05) is 0 Å². The average Bonchev–Trinajstić information content (AvgIpc) is 2.46. The van der Waals surface area contributed by atoms with Crippen LogP contribution in [0, 0.1) is 11.8 Å². The van der Waals surface area contributed by atoms with Crippen LogP contribution in [0.2, 0.25) is 5.02 Å². The van der Waals surface area contributed by atoms with Gasteiger partial charge in [0.15, 0.2) is 0 Å². The average molecular weight is 320 g/mol. The lowest BCUT2D eigenvalue weighted by molar-refractivity contribution is 0.136. The van der Waals surface area contributed by atoms with Gasteiger partial charge in [0.25, 0.3) is 5.56 Å². The molecular weight excluding hydrogens is 298 g/mol. The molecule has 1 aromatic carbocycles. The third kappa shape index (κ3) is 3.18. The van der Waals surface area contributed by atoms with E-state index in [0.717, 1.165) is 31.5 Å². The summed E-state index contributed by atoms with van der Waals surface area (Å²) >= 11 is 6.09. The fourth-order valence-electron chi connectivity index (χ4n) is 3.54. The molecule has 2 atom stereocenters. The minimum atomic E-state index is -0.00870. The predicted octanol–water partition coefficient (Wildman–Crippen LogP) is 3.03. The van der Waals surface area contributed by atoms with E-state index in [-0.39, 0.29) is 5.56 Å². The van der Waals surface area contributed by atoms with E-state index in [1.54, 1.807) is 29.1 Å². The molecule has 4 nitrogen and oxygen atoms in total. The fraction of sp³-hybridized carbons (Fsp3) is 0.529. The molecular formula is C17H22ClN3O. The molecule has 0 amide bonds. The van der Waals surface area contributed by atoms with Gasteiger partial charge in [-0.05, 0) is 30.4 Å². The molecule has 2 aromatic rings. The number of rotatable bonds is 3. The molecule has 0 N–H and O–H groups in total. The van der Waals surface area contributed by atoms with Gasteiger partial charge in [0, 0.05) is 26.2 Å². The quantitative estimate of drug-likeness (QED) is 0.873. The number of nitrogens with zero attached hydrogens (tertiary/aromatic N) is 3. The van der Waals surface area contributed by atoms with E-state index >= 15 is 0 Å². The van der Waals surface area contributed by atoms with Crippen molar-refractivity contribution in [3.63, 3.8) is 0 Å². The molecule has 3 rings (SSSR count).